The van der Waals surface area contributed by atoms with Crippen molar-refractivity contribution in [2.75, 3.05) is 12.3 Å². The first-order valence-corrected chi connectivity index (χ1v) is 7.79. The largest absolute Gasteiger partial charge is 0.463 e. The molecule has 0 saturated carbocycles. The smallest absolute Gasteiger partial charge is 0.165 e. The second kappa shape index (κ2) is 6.08. The van der Waals surface area contributed by atoms with Gasteiger partial charge in [-0.05, 0) is 12.1 Å². The minimum Gasteiger partial charge on any atom is -0.463 e. The fourth-order valence-electron chi connectivity index (χ4n) is 3.26. The summed E-state index contributed by atoms with van der Waals surface area (Å²) >= 11 is 0. The van der Waals surface area contributed by atoms with E-state index >= 15 is 0 Å². The van der Waals surface area contributed by atoms with Crippen LogP contribution in [0, 0.1) is 11.3 Å². The molecule has 3 aromatic heterocycles. The zero-order chi connectivity index (χ0) is 18.4. The molecule has 26 heavy (non-hydrogen) atoms. The van der Waals surface area contributed by atoms with Crippen molar-refractivity contribution in [3.63, 3.8) is 0 Å². The average molecular weight is 357 g/mol. The van der Waals surface area contributed by atoms with E-state index in [0.717, 1.165) is 0 Å². The van der Waals surface area contributed by atoms with Gasteiger partial charge in [-0.15, -0.1) is 0 Å². The number of fused-ring (bicyclic) bond motifs is 1. The van der Waals surface area contributed by atoms with Gasteiger partial charge in [-0.2, -0.15) is 5.26 Å². The van der Waals surface area contributed by atoms with Crippen LogP contribution in [0.4, 0.5) is 5.82 Å². The standard InChI is InChI=1S/C16H15N5O5/c17-4-7-10-14(18)19-6-20-15(10)21(11(7)8-2-1-3-25-8)16-13(24)12(23)9(5-22)26-16/h1-3,6,9,12-13,16,22-24H,5H2,(H2,18,19,20)/t9-,12+,13-,16-/m0/s1. The molecule has 1 saturated heterocycles. The molecular formula is C16H15N5O5. The molecular weight excluding hydrogens is 342 g/mol. The molecule has 4 heterocycles. The Labute approximate surface area is 146 Å². The first-order chi connectivity index (χ1) is 12.6. The fourth-order valence-corrected chi connectivity index (χ4v) is 3.26. The summed E-state index contributed by atoms with van der Waals surface area (Å²) in [5.41, 5.74) is 6.63. The molecule has 1 aliphatic heterocycles. The molecule has 4 rings (SSSR count). The lowest BCUT2D eigenvalue weighted by Crippen LogP contribution is -2.33. The minimum atomic E-state index is -1.36. The quantitative estimate of drug-likeness (QED) is 0.495. The van der Waals surface area contributed by atoms with Gasteiger partial charge >= 0.3 is 0 Å². The number of aromatic nitrogens is 3. The Hall–Kier alpha value is -2.97. The van der Waals surface area contributed by atoms with Gasteiger partial charge in [0.2, 0.25) is 0 Å². The minimum absolute atomic E-state index is 0.0878. The predicted molar refractivity (Wildman–Crippen MR) is 87.4 cm³/mol. The summed E-state index contributed by atoms with van der Waals surface area (Å²) < 4.78 is 12.5. The number of ether oxygens (including phenoxy) is 1. The molecule has 0 aliphatic carbocycles. The van der Waals surface area contributed by atoms with Gasteiger partial charge in [-0.25, -0.2) is 9.97 Å². The van der Waals surface area contributed by atoms with Crippen LogP contribution in [-0.2, 0) is 4.74 Å². The van der Waals surface area contributed by atoms with Crippen LogP contribution in [0.1, 0.15) is 11.8 Å². The van der Waals surface area contributed by atoms with Crippen LogP contribution in [0.2, 0.25) is 0 Å². The van der Waals surface area contributed by atoms with Crippen molar-refractivity contribution in [2.45, 2.75) is 24.5 Å². The van der Waals surface area contributed by atoms with Crippen molar-refractivity contribution in [3.8, 4) is 17.5 Å². The highest BCUT2D eigenvalue weighted by Gasteiger charge is 2.45. The van der Waals surface area contributed by atoms with Crippen molar-refractivity contribution >= 4 is 16.9 Å². The van der Waals surface area contributed by atoms with E-state index in [4.69, 9.17) is 14.9 Å². The van der Waals surface area contributed by atoms with Gasteiger partial charge < -0.3 is 30.2 Å². The molecule has 5 N–H and O–H groups in total. The van der Waals surface area contributed by atoms with Gasteiger partial charge in [0.15, 0.2) is 12.0 Å². The maximum Gasteiger partial charge on any atom is 0.165 e. The van der Waals surface area contributed by atoms with Gasteiger partial charge in [0.25, 0.3) is 0 Å². The lowest BCUT2D eigenvalue weighted by Gasteiger charge is -2.19. The van der Waals surface area contributed by atoms with E-state index in [0.29, 0.717) is 11.1 Å². The van der Waals surface area contributed by atoms with Crippen molar-refractivity contribution in [2.24, 2.45) is 0 Å². The van der Waals surface area contributed by atoms with Gasteiger partial charge in [0.1, 0.15) is 47.9 Å². The Morgan fingerprint density at radius 1 is 1.31 bits per heavy atom. The molecule has 10 heteroatoms. The van der Waals surface area contributed by atoms with Crippen molar-refractivity contribution < 1.29 is 24.5 Å². The number of hydrogen-bond acceptors (Lipinski definition) is 9. The molecule has 134 valence electrons. The maximum absolute atomic E-state index is 10.5. The number of anilines is 1. The van der Waals surface area contributed by atoms with Gasteiger partial charge in [0, 0.05) is 0 Å². The SMILES string of the molecule is N#Cc1c(-c2ccco2)n([C@H]2O[C@@H](CO)[C@@H](O)[C@@H]2O)c2ncnc(N)c12. The highest BCUT2D eigenvalue weighted by molar-refractivity contribution is 5.98. The van der Waals surface area contributed by atoms with E-state index in [1.54, 1.807) is 12.1 Å². The molecule has 0 unspecified atom stereocenters. The van der Waals surface area contributed by atoms with E-state index in [-0.39, 0.29) is 22.7 Å². The number of nitriles is 1. The van der Waals surface area contributed by atoms with Crippen LogP contribution in [0.5, 0.6) is 0 Å². The number of furan rings is 1. The fraction of sp³-hybridized carbons (Fsp3) is 0.312. The number of nitrogens with two attached hydrogens (primary N) is 1. The zero-order valence-corrected chi connectivity index (χ0v) is 13.4. The third kappa shape index (κ3) is 2.19. The summed E-state index contributed by atoms with van der Waals surface area (Å²) in [4.78, 5) is 8.10. The molecule has 1 fully saturated rings. The van der Waals surface area contributed by atoms with Gasteiger partial charge in [-0.3, -0.25) is 4.57 Å². The summed E-state index contributed by atoms with van der Waals surface area (Å²) in [6.45, 7) is -0.480. The first kappa shape index (κ1) is 16.5. The number of aliphatic hydroxyl groups excluding tert-OH is 3. The highest BCUT2D eigenvalue weighted by Crippen LogP contribution is 2.41. The van der Waals surface area contributed by atoms with Crippen LogP contribution in [0.15, 0.2) is 29.1 Å². The number of nitrogen functional groups attached to an aromatic ring is 1. The Balaban J connectivity index is 2.04. The van der Waals surface area contributed by atoms with Crippen LogP contribution in [0.25, 0.3) is 22.5 Å². The Morgan fingerprint density at radius 3 is 2.73 bits per heavy atom. The number of rotatable bonds is 3. The molecule has 10 nitrogen and oxygen atoms in total. The van der Waals surface area contributed by atoms with Crippen LogP contribution >= 0.6 is 0 Å². The Bertz CT molecular complexity index is 993. The van der Waals surface area contributed by atoms with Gasteiger partial charge in [-0.1, -0.05) is 0 Å². The molecule has 0 spiro atoms. The van der Waals surface area contributed by atoms with Crippen LogP contribution in [0.3, 0.4) is 0 Å². The lowest BCUT2D eigenvalue weighted by molar-refractivity contribution is -0.0502. The lowest BCUT2D eigenvalue weighted by atomic mass is 10.1. The summed E-state index contributed by atoms with van der Waals surface area (Å²) in [5, 5.41) is 39.9. The van der Waals surface area contributed by atoms with E-state index in [9.17, 15) is 20.6 Å². The van der Waals surface area contributed by atoms with E-state index in [1.807, 2.05) is 0 Å². The van der Waals surface area contributed by atoms with E-state index in [1.165, 1.54) is 17.2 Å². The predicted octanol–water partition coefficient (Wildman–Crippen LogP) is -0.243. The molecule has 3 aromatic rings. The molecule has 4 atom stereocenters. The van der Waals surface area contributed by atoms with Crippen molar-refractivity contribution in [3.05, 3.63) is 30.3 Å². The number of hydrogen-bond donors (Lipinski definition) is 4. The summed E-state index contributed by atoms with van der Waals surface area (Å²) in [7, 11) is 0. The summed E-state index contributed by atoms with van der Waals surface area (Å²) in [6, 6.07) is 5.35. The normalized spacial score (nSPS) is 25.6. The van der Waals surface area contributed by atoms with Gasteiger partial charge in [0.05, 0.1) is 23.8 Å². The van der Waals surface area contributed by atoms with Crippen LogP contribution in [-0.4, -0.2) is 54.8 Å². The van der Waals surface area contributed by atoms with Crippen molar-refractivity contribution in [1.29, 1.82) is 5.26 Å². The molecule has 0 bridgehead atoms. The van der Waals surface area contributed by atoms with Crippen molar-refractivity contribution in [1.82, 2.24) is 14.5 Å². The zero-order valence-electron chi connectivity index (χ0n) is 13.4. The monoisotopic (exact) mass is 357 g/mol. The average Bonchev–Trinajstić information content (AvgIpc) is 3.33. The topological polar surface area (TPSA) is 164 Å². The van der Waals surface area contributed by atoms with E-state index in [2.05, 4.69) is 16.0 Å². The second-order valence-corrected chi connectivity index (χ2v) is 5.87. The van der Waals surface area contributed by atoms with Crippen LogP contribution < -0.4 is 5.73 Å². The number of aliphatic hydroxyl groups is 3. The Morgan fingerprint density at radius 2 is 2.12 bits per heavy atom. The maximum atomic E-state index is 10.5. The first-order valence-electron chi connectivity index (χ1n) is 7.79. The third-order valence-corrected chi connectivity index (χ3v) is 4.45. The molecule has 0 radical (unpaired) electrons. The second-order valence-electron chi connectivity index (χ2n) is 5.87. The molecule has 1 aliphatic rings. The highest BCUT2D eigenvalue weighted by atomic mass is 16.6. The number of nitrogens with zero attached hydrogens (tertiary/aromatic N) is 4. The molecule has 0 amide bonds. The third-order valence-electron chi connectivity index (χ3n) is 4.45. The molecule has 0 aromatic carbocycles. The van der Waals surface area contributed by atoms with E-state index < -0.39 is 31.1 Å². The Kier molecular flexibility index (Phi) is 3.86. The summed E-state index contributed by atoms with van der Waals surface area (Å²) in [5.74, 6) is 0.418. The summed E-state index contributed by atoms with van der Waals surface area (Å²) in [6.07, 6.45) is -2.11.